The smallest absolute Gasteiger partial charge is 0.287 e. The summed E-state index contributed by atoms with van der Waals surface area (Å²) in [6.07, 6.45) is 3.91. The van der Waals surface area contributed by atoms with E-state index in [0.29, 0.717) is 5.76 Å². The molecule has 33 heavy (non-hydrogen) atoms. The molecule has 0 saturated carbocycles. The van der Waals surface area contributed by atoms with Gasteiger partial charge in [-0.2, -0.15) is 0 Å². The maximum Gasteiger partial charge on any atom is 0.287 e. The lowest BCUT2D eigenvalue weighted by Crippen LogP contribution is -2.26. The van der Waals surface area contributed by atoms with Gasteiger partial charge >= 0.3 is 0 Å². The molecular weight excluding hydrogens is 446 g/mol. The van der Waals surface area contributed by atoms with Crippen LogP contribution in [-0.4, -0.2) is 15.4 Å². The van der Waals surface area contributed by atoms with Crippen molar-refractivity contribution in [2.75, 3.05) is 0 Å². The molecule has 1 amide bonds. The largest absolute Gasteiger partial charge is 0.484 e. The summed E-state index contributed by atoms with van der Waals surface area (Å²) in [6.45, 7) is 1.85. The summed E-state index contributed by atoms with van der Waals surface area (Å²) in [6, 6.07) is 18.6. The van der Waals surface area contributed by atoms with E-state index in [1.165, 1.54) is 18.2 Å². The topological polar surface area (TPSA) is 99.5 Å². The second-order valence-electron chi connectivity index (χ2n) is 7.31. The second kappa shape index (κ2) is 9.62. The third-order valence-electron chi connectivity index (χ3n) is 5.00. The van der Waals surface area contributed by atoms with Crippen LogP contribution >= 0.6 is 11.6 Å². The van der Waals surface area contributed by atoms with Crippen molar-refractivity contribution in [1.82, 2.24) is 9.88 Å². The molecule has 1 atom stereocenters. The Morgan fingerprint density at radius 3 is 2.70 bits per heavy atom. The van der Waals surface area contributed by atoms with E-state index in [4.69, 9.17) is 20.8 Å². The molecule has 1 N–H and O–H groups in total. The average molecular weight is 466 g/mol. The van der Waals surface area contributed by atoms with Gasteiger partial charge in [-0.15, -0.1) is 0 Å². The van der Waals surface area contributed by atoms with Crippen LogP contribution in [0.4, 0.5) is 5.69 Å². The number of nitrogens with one attached hydrogen (secondary N) is 1. The van der Waals surface area contributed by atoms with Crippen LogP contribution in [0, 0.1) is 10.1 Å². The molecule has 0 radical (unpaired) electrons. The molecule has 8 nitrogen and oxygen atoms in total. The molecule has 0 spiro atoms. The third kappa shape index (κ3) is 5.24. The lowest BCUT2D eigenvalue weighted by atomic mass is 10.1. The van der Waals surface area contributed by atoms with Crippen molar-refractivity contribution in [2.45, 2.75) is 19.6 Å². The van der Waals surface area contributed by atoms with Gasteiger partial charge in [0.1, 0.15) is 18.1 Å². The summed E-state index contributed by atoms with van der Waals surface area (Å²) in [7, 11) is 0. The summed E-state index contributed by atoms with van der Waals surface area (Å²) in [5.41, 5.74) is 1.81. The molecular formula is C24H20ClN3O5. The molecule has 0 bridgehead atoms. The molecule has 0 aliphatic rings. The van der Waals surface area contributed by atoms with E-state index in [2.05, 4.69) is 5.32 Å². The van der Waals surface area contributed by atoms with Crippen molar-refractivity contribution in [3.8, 4) is 11.4 Å². The van der Waals surface area contributed by atoms with Crippen LogP contribution < -0.4 is 10.1 Å². The van der Waals surface area contributed by atoms with Gasteiger partial charge in [-0.1, -0.05) is 23.7 Å². The Hall–Kier alpha value is -4.04. The van der Waals surface area contributed by atoms with Crippen molar-refractivity contribution in [2.24, 2.45) is 0 Å². The fourth-order valence-electron chi connectivity index (χ4n) is 3.26. The molecule has 4 aromatic rings. The van der Waals surface area contributed by atoms with Crippen LogP contribution in [0.15, 0.2) is 83.5 Å². The standard InChI is InChI=1S/C24H20ClN3O5/c1-16(17-5-4-6-18(13-17)27-11-2-3-12-27)26-24(29)22-10-8-20(33-22)15-32-23-14-19(28(30)31)7-9-21(23)25/h2-14,16H,15H2,1H3,(H,26,29). The van der Waals surface area contributed by atoms with Crippen molar-refractivity contribution in [3.63, 3.8) is 0 Å². The van der Waals surface area contributed by atoms with Crippen molar-refractivity contribution < 1.29 is 18.9 Å². The minimum absolute atomic E-state index is 0.0391. The first kappa shape index (κ1) is 22.2. The van der Waals surface area contributed by atoms with Crippen LogP contribution in [0.3, 0.4) is 0 Å². The van der Waals surface area contributed by atoms with E-state index in [-0.39, 0.29) is 40.8 Å². The average Bonchev–Trinajstić information content (AvgIpc) is 3.51. The highest BCUT2D eigenvalue weighted by molar-refractivity contribution is 6.32. The zero-order valence-corrected chi connectivity index (χ0v) is 18.4. The number of hydrogen-bond acceptors (Lipinski definition) is 5. The van der Waals surface area contributed by atoms with Gasteiger partial charge in [-0.3, -0.25) is 14.9 Å². The van der Waals surface area contributed by atoms with Crippen molar-refractivity contribution >= 4 is 23.2 Å². The number of carbonyl (C=O) groups is 1. The number of nitro groups is 1. The number of amides is 1. The number of ether oxygens (including phenoxy) is 1. The first-order valence-electron chi connectivity index (χ1n) is 10.1. The molecule has 2 aromatic heterocycles. The van der Waals surface area contributed by atoms with Crippen LogP contribution in [0.2, 0.25) is 5.02 Å². The highest BCUT2D eigenvalue weighted by atomic mass is 35.5. The van der Waals surface area contributed by atoms with Gasteiger partial charge in [0.15, 0.2) is 5.76 Å². The maximum atomic E-state index is 12.7. The molecule has 2 aromatic carbocycles. The molecule has 4 rings (SSSR count). The van der Waals surface area contributed by atoms with Gasteiger partial charge < -0.3 is 19.0 Å². The predicted molar refractivity (Wildman–Crippen MR) is 123 cm³/mol. The maximum absolute atomic E-state index is 12.7. The van der Waals surface area contributed by atoms with E-state index < -0.39 is 4.92 Å². The first-order chi connectivity index (χ1) is 15.9. The zero-order valence-electron chi connectivity index (χ0n) is 17.6. The molecule has 2 heterocycles. The predicted octanol–water partition coefficient (Wildman–Crippen LogP) is 5.70. The minimum Gasteiger partial charge on any atom is -0.484 e. The SMILES string of the molecule is CC(NC(=O)c1ccc(COc2cc([N+](=O)[O-])ccc2Cl)o1)c1cccc(-n2cccc2)c1. The highest BCUT2D eigenvalue weighted by Crippen LogP contribution is 2.29. The number of furan rings is 1. The van der Waals surface area contributed by atoms with Crippen LogP contribution in [0.1, 0.15) is 34.8 Å². The number of benzene rings is 2. The van der Waals surface area contributed by atoms with Gasteiger partial charge in [-0.25, -0.2) is 0 Å². The van der Waals surface area contributed by atoms with Crippen molar-refractivity contribution in [3.05, 3.63) is 111 Å². The van der Waals surface area contributed by atoms with E-state index in [1.807, 2.05) is 60.3 Å². The summed E-state index contributed by atoms with van der Waals surface area (Å²) in [5.74, 6) is 0.301. The molecule has 1 unspecified atom stereocenters. The summed E-state index contributed by atoms with van der Waals surface area (Å²) >= 11 is 6.04. The molecule has 168 valence electrons. The third-order valence-corrected chi connectivity index (χ3v) is 5.31. The fourth-order valence-corrected chi connectivity index (χ4v) is 3.43. The molecule has 0 aliphatic heterocycles. The summed E-state index contributed by atoms with van der Waals surface area (Å²) in [4.78, 5) is 23.1. The van der Waals surface area contributed by atoms with E-state index in [1.54, 1.807) is 12.1 Å². The first-order valence-corrected chi connectivity index (χ1v) is 10.5. The van der Waals surface area contributed by atoms with Gasteiger partial charge in [0.25, 0.3) is 11.6 Å². The van der Waals surface area contributed by atoms with Crippen LogP contribution in [-0.2, 0) is 6.61 Å². The Bertz CT molecular complexity index is 1280. The lowest BCUT2D eigenvalue weighted by molar-refractivity contribution is -0.384. The highest BCUT2D eigenvalue weighted by Gasteiger charge is 2.17. The Kier molecular flexibility index (Phi) is 6.46. The van der Waals surface area contributed by atoms with E-state index >= 15 is 0 Å². The quantitative estimate of drug-likeness (QED) is 0.265. The summed E-state index contributed by atoms with van der Waals surface area (Å²) < 4.78 is 13.1. The molecule has 0 saturated heterocycles. The fraction of sp³-hybridized carbons (Fsp3) is 0.125. The summed E-state index contributed by atoms with van der Waals surface area (Å²) in [5, 5.41) is 14.1. The number of hydrogen-bond donors (Lipinski definition) is 1. The number of rotatable bonds is 8. The Morgan fingerprint density at radius 1 is 1.15 bits per heavy atom. The van der Waals surface area contributed by atoms with E-state index in [9.17, 15) is 14.9 Å². The molecule has 0 fully saturated rings. The molecule has 9 heteroatoms. The number of nitro benzene ring substituents is 1. The van der Waals surface area contributed by atoms with Gasteiger partial charge in [-0.05, 0) is 55.0 Å². The molecule has 0 aliphatic carbocycles. The van der Waals surface area contributed by atoms with Crippen LogP contribution in [0.25, 0.3) is 5.69 Å². The van der Waals surface area contributed by atoms with Crippen LogP contribution in [0.5, 0.6) is 5.75 Å². The van der Waals surface area contributed by atoms with Crippen molar-refractivity contribution in [1.29, 1.82) is 0 Å². The lowest BCUT2D eigenvalue weighted by Gasteiger charge is -2.15. The number of nitrogens with zero attached hydrogens (tertiary/aromatic N) is 2. The van der Waals surface area contributed by atoms with E-state index in [0.717, 1.165) is 11.3 Å². The Balaban J connectivity index is 1.39. The number of carbonyl (C=O) groups excluding carboxylic acids is 1. The van der Waals surface area contributed by atoms with Gasteiger partial charge in [0.05, 0.1) is 22.1 Å². The minimum atomic E-state index is -0.534. The Labute approximate surface area is 194 Å². The number of aromatic nitrogens is 1. The monoisotopic (exact) mass is 465 g/mol. The Morgan fingerprint density at radius 2 is 1.94 bits per heavy atom. The second-order valence-corrected chi connectivity index (χ2v) is 7.71. The normalized spacial score (nSPS) is 11.7. The number of halogens is 1. The zero-order chi connectivity index (χ0) is 23.4. The number of non-ortho nitro benzene ring substituents is 1. The van der Waals surface area contributed by atoms with Gasteiger partial charge in [0.2, 0.25) is 0 Å². The van der Waals surface area contributed by atoms with Gasteiger partial charge in [0, 0.05) is 24.1 Å².